The first-order chi connectivity index (χ1) is 14.4. The molecule has 30 heavy (non-hydrogen) atoms. The molecule has 4 heteroatoms. The Morgan fingerprint density at radius 3 is 1.17 bits per heavy atom. The maximum atomic E-state index is 12.7. The van der Waals surface area contributed by atoms with E-state index in [9.17, 15) is 9.59 Å². The molecule has 8 rings (SSSR count). The predicted octanol–water partition coefficient (Wildman–Crippen LogP) is 5.14. The summed E-state index contributed by atoms with van der Waals surface area (Å²) in [6.07, 6.45) is 15.7. The Bertz CT molecular complexity index is 594. The van der Waals surface area contributed by atoms with E-state index >= 15 is 0 Å². The van der Waals surface area contributed by atoms with Crippen LogP contribution >= 0.6 is 0 Å². The molecule has 0 unspecified atom stereocenters. The Morgan fingerprint density at radius 1 is 0.633 bits per heavy atom. The van der Waals surface area contributed by atoms with Gasteiger partial charge in [-0.25, -0.2) is 0 Å². The summed E-state index contributed by atoms with van der Waals surface area (Å²) in [4.78, 5) is 25.4. The monoisotopic (exact) mass is 414 g/mol. The van der Waals surface area contributed by atoms with Crippen LogP contribution in [0.25, 0.3) is 0 Å². The van der Waals surface area contributed by atoms with E-state index in [4.69, 9.17) is 9.47 Å². The first-order valence-electron chi connectivity index (χ1n) is 12.7. The Morgan fingerprint density at radius 2 is 0.900 bits per heavy atom. The molecule has 0 heterocycles. The van der Waals surface area contributed by atoms with Gasteiger partial charge in [0.05, 0.1) is 13.2 Å². The lowest BCUT2D eigenvalue weighted by molar-refractivity contribution is -0.172. The van der Waals surface area contributed by atoms with Crippen LogP contribution in [0.5, 0.6) is 0 Å². The standard InChI is InChI=1S/C26H38O4/c1-16(23(27)29-14-25-8-17-2-18(9-25)4-19(3-17)10-25)24(28)30-15-26-11-20-5-21(12-26)7-22(6-20)13-26/h16-22H,2-15H2,1H3. The maximum Gasteiger partial charge on any atom is 0.320 e. The van der Waals surface area contributed by atoms with Crippen LogP contribution in [0.4, 0.5) is 0 Å². The summed E-state index contributed by atoms with van der Waals surface area (Å²) in [5, 5.41) is 0. The average Bonchev–Trinajstić information content (AvgIpc) is 2.68. The zero-order chi connectivity index (χ0) is 20.5. The number of ether oxygens (including phenoxy) is 2. The van der Waals surface area contributed by atoms with Crippen LogP contribution in [-0.4, -0.2) is 25.2 Å². The van der Waals surface area contributed by atoms with Crippen molar-refractivity contribution in [3.05, 3.63) is 0 Å². The van der Waals surface area contributed by atoms with Crippen molar-refractivity contribution in [2.45, 2.75) is 84.0 Å². The molecule has 0 aromatic carbocycles. The third-order valence-electron chi connectivity index (χ3n) is 10.1. The van der Waals surface area contributed by atoms with E-state index in [0.717, 1.165) is 35.5 Å². The highest BCUT2D eigenvalue weighted by atomic mass is 16.6. The Kier molecular flexibility index (Phi) is 4.56. The third-order valence-corrected chi connectivity index (χ3v) is 10.1. The normalized spacial score (nSPS) is 48.6. The second-order valence-electron chi connectivity index (χ2n) is 12.8. The van der Waals surface area contributed by atoms with Gasteiger partial charge in [0, 0.05) is 10.8 Å². The first kappa shape index (κ1) is 19.6. The van der Waals surface area contributed by atoms with Gasteiger partial charge in [0.1, 0.15) is 0 Å². The summed E-state index contributed by atoms with van der Waals surface area (Å²) in [5.74, 6) is 3.52. The summed E-state index contributed by atoms with van der Waals surface area (Å²) in [5.41, 5.74) is 0.403. The van der Waals surface area contributed by atoms with Gasteiger partial charge in [-0.15, -0.1) is 0 Å². The molecule has 0 aromatic heterocycles. The summed E-state index contributed by atoms with van der Waals surface area (Å²) < 4.78 is 11.5. The van der Waals surface area contributed by atoms with Gasteiger partial charge in [-0.2, -0.15) is 0 Å². The molecule has 0 atom stereocenters. The predicted molar refractivity (Wildman–Crippen MR) is 112 cm³/mol. The zero-order valence-electron chi connectivity index (χ0n) is 18.6. The summed E-state index contributed by atoms with van der Waals surface area (Å²) in [7, 11) is 0. The fourth-order valence-electron chi connectivity index (χ4n) is 9.73. The van der Waals surface area contributed by atoms with Crippen molar-refractivity contribution in [1.82, 2.24) is 0 Å². The van der Waals surface area contributed by atoms with Crippen LogP contribution in [0, 0.1) is 52.3 Å². The fraction of sp³-hybridized carbons (Fsp3) is 0.923. The second kappa shape index (κ2) is 6.97. The van der Waals surface area contributed by atoms with Crippen molar-refractivity contribution in [1.29, 1.82) is 0 Å². The van der Waals surface area contributed by atoms with Gasteiger partial charge >= 0.3 is 11.9 Å². The molecule has 8 saturated carbocycles. The molecule has 8 aliphatic carbocycles. The number of esters is 2. The van der Waals surface area contributed by atoms with Crippen LogP contribution in [-0.2, 0) is 19.1 Å². The number of carbonyl (C=O) groups excluding carboxylic acids is 2. The lowest BCUT2D eigenvalue weighted by Crippen LogP contribution is -2.49. The highest BCUT2D eigenvalue weighted by molar-refractivity contribution is 5.94. The van der Waals surface area contributed by atoms with E-state index in [2.05, 4.69) is 0 Å². The van der Waals surface area contributed by atoms with Crippen LogP contribution in [0.1, 0.15) is 84.0 Å². The molecule has 0 aromatic rings. The molecular formula is C26H38O4. The minimum Gasteiger partial charge on any atom is -0.464 e. The molecule has 0 N–H and O–H groups in total. The summed E-state index contributed by atoms with van der Waals surface area (Å²) in [6, 6.07) is 0. The molecular weight excluding hydrogens is 376 g/mol. The van der Waals surface area contributed by atoms with Crippen LogP contribution in [0.2, 0.25) is 0 Å². The molecule has 166 valence electrons. The van der Waals surface area contributed by atoms with Crippen LogP contribution < -0.4 is 0 Å². The van der Waals surface area contributed by atoms with E-state index in [1.807, 2.05) is 0 Å². The smallest absolute Gasteiger partial charge is 0.320 e. The molecule has 0 spiro atoms. The SMILES string of the molecule is CC(C(=O)OCC12CC3CC(CC(C3)C1)C2)C(=O)OCC12CC3CC(CC(C3)C1)C2. The molecule has 8 fully saturated rings. The first-order valence-corrected chi connectivity index (χ1v) is 12.7. The van der Waals surface area contributed by atoms with Crippen molar-refractivity contribution < 1.29 is 19.1 Å². The quantitative estimate of drug-likeness (QED) is 0.446. The molecule has 0 amide bonds. The van der Waals surface area contributed by atoms with Gasteiger partial charge in [-0.3, -0.25) is 9.59 Å². The van der Waals surface area contributed by atoms with E-state index in [0.29, 0.717) is 13.2 Å². The van der Waals surface area contributed by atoms with E-state index in [-0.39, 0.29) is 22.8 Å². The van der Waals surface area contributed by atoms with Crippen molar-refractivity contribution in [2.75, 3.05) is 13.2 Å². The largest absolute Gasteiger partial charge is 0.464 e. The molecule has 4 nitrogen and oxygen atoms in total. The van der Waals surface area contributed by atoms with E-state index in [1.165, 1.54) is 77.0 Å². The van der Waals surface area contributed by atoms with E-state index in [1.54, 1.807) is 6.92 Å². The zero-order valence-corrected chi connectivity index (χ0v) is 18.6. The fourth-order valence-corrected chi connectivity index (χ4v) is 9.73. The molecule has 8 aliphatic rings. The van der Waals surface area contributed by atoms with Crippen molar-refractivity contribution in [3.8, 4) is 0 Å². The topological polar surface area (TPSA) is 52.6 Å². The number of rotatable bonds is 6. The number of carbonyl (C=O) groups is 2. The number of hydrogen-bond donors (Lipinski definition) is 0. The minimum absolute atomic E-state index is 0.202. The second-order valence-corrected chi connectivity index (χ2v) is 12.8. The highest BCUT2D eigenvalue weighted by Crippen LogP contribution is 2.61. The Balaban J connectivity index is 1.01. The summed E-state index contributed by atoms with van der Waals surface area (Å²) >= 11 is 0. The van der Waals surface area contributed by atoms with Gasteiger partial charge in [0.15, 0.2) is 5.92 Å². The molecule has 8 bridgehead atoms. The molecule has 0 aliphatic heterocycles. The molecule has 0 saturated heterocycles. The van der Waals surface area contributed by atoms with Crippen molar-refractivity contribution >= 4 is 11.9 Å². The number of hydrogen-bond acceptors (Lipinski definition) is 4. The van der Waals surface area contributed by atoms with Gasteiger partial charge < -0.3 is 9.47 Å². The van der Waals surface area contributed by atoms with Gasteiger partial charge in [0.25, 0.3) is 0 Å². The van der Waals surface area contributed by atoms with Crippen LogP contribution in [0.15, 0.2) is 0 Å². The minimum atomic E-state index is -0.798. The Labute approximate surface area is 180 Å². The van der Waals surface area contributed by atoms with Gasteiger partial charge in [-0.1, -0.05) is 0 Å². The maximum absolute atomic E-state index is 12.7. The van der Waals surface area contributed by atoms with Gasteiger partial charge in [-0.05, 0) is 119 Å². The van der Waals surface area contributed by atoms with E-state index < -0.39 is 5.92 Å². The van der Waals surface area contributed by atoms with Crippen molar-refractivity contribution in [3.63, 3.8) is 0 Å². The van der Waals surface area contributed by atoms with Crippen molar-refractivity contribution in [2.24, 2.45) is 52.3 Å². The lowest BCUT2D eigenvalue weighted by Gasteiger charge is -2.56. The lowest BCUT2D eigenvalue weighted by atomic mass is 9.50. The Hall–Kier alpha value is -1.06. The van der Waals surface area contributed by atoms with Gasteiger partial charge in [0.2, 0.25) is 0 Å². The summed E-state index contributed by atoms with van der Waals surface area (Å²) in [6.45, 7) is 2.70. The van der Waals surface area contributed by atoms with Crippen LogP contribution in [0.3, 0.4) is 0 Å². The third kappa shape index (κ3) is 3.41. The average molecular weight is 415 g/mol. The molecule has 0 radical (unpaired) electrons. The highest BCUT2D eigenvalue weighted by Gasteiger charge is 2.53.